The third-order valence-electron chi connectivity index (χ3n) is 4.36. The van der Waals surface area contributed by atoms with Gasteiger partial charge in [0.05, 0.1) is 12.7 Å². The average Bonchev–Trinajstić information content (AvgIpc) is 3.10. The van der Waals surface area contributed by atoms with Crippen molar-refractivity contribution >= 4 is 22.7 Å². The van der Waals surface area contributed by atoms with Crippen LogP contribution in [0.4, 0.5) is 5.69 Å². The first-order chi connectivity index (χ1) is 13.5. The van der Waals surface area contributed by atoms with Crippen LogP contribution in [0.15, 0.2) is 65.1 Å². The van der Waals surface area contributed by atoms with E-state index in [1.807, 2.05) is 25.1 Å². The predicted octanol–water partition coefficient (Wildman–Crippen LogP) is 4.77. The summed E-state index contributed by atoms with van der Waals surface area (Å²) in [4.78, 5) is 16.9. The quantitative estimate of drug-likeness (QED) is 0.537. The summed E-state index contributed by atoms with van der Waals surface area (Å²) < 4.78 is 10.9. The summed E-state index contributed by atoms with van der Waals surface area (Å²) in [5.74, 6) is 0.580. The molecule has 4 aromatic rings. The second-order valence-corrected chi connectivity index (χ2v) is 6.41. The van der Waals surface area contributed by atoms with Gasteiger partial charge < -0.3 is 19.6 Å². The van der Waals surface area contributed by atoms with Gasteiger partial charge >= 0.3 is 0 Å². The topological polar surface area (TPSA) is 84.6 Å². The van der Waals surface area contributed by atoms with Gasteiger partial charge in [0.1, 0.15) is 17.0 Å². The number of carbonyl (C=O) groups excluding carboxylic acids is 1. The van der Waals surface area contributed by atoms with E-state index in [2.05, 4.69) is 10.3 Å². The van der Waals surface area contributed by atoms with Gasteiger partial charge in [0, 0.05) is 17.3 Å². The lowest BCUT2D eigenvalue weighted by molar-refractivity contribution is 0.102. The Hall–Kier alpha value is -3.80. The van der Waals surface area contributed by atoms with E-state index in [1.165, 1.54) is 6.07 Å². The summed E-state index contributed by atoms with van der Waals surface area (Å²) in [5, 5.41) is 13.2. The minimum Gasteiger partial charge on any atom is -0.507 e. The third kappa shape index (κ3) is 3.40. The predicted molar refractivity (Wildman–Crippen MR) is 107 cm³/mol. The smallest absolute Gasteiger partial charge is 0.255 e. The normalized spacial score (nSPS) is 10.8. The number of phenolic OH excluding ortho intramolecular Hbond substituents is 1. The van der Waals surface area contributed by atoms with Gasteiger partial charge in [0.25, 0.3) is 5.91 Å². The molecule has 6 heteroatoms. The zero-order valence-electron chi connectivity index (χ0n) is 15.4. The summed E-state index contributed by atoms with van der Waals surface area (Å²) in [5.41, 5.74) is 3.82. The van der Waals surface area contributed by atoms with Crippen molar-refractivity contribution in [3.63, 3.8) is 0 Å². The van der Waals surface area contributed by atoms with Crippen molar-refractivity contribution in [3.8, 4) is 23.0 Å². The number of phenols is 1. The van der Waals surface area contributed by atoms with E-state index in [-0.39, 0.29) is 11.7 Å². The number of nitrogens with one attached hydrogen (secondary N) is 1. The molecule has 0 aliphatic rings. The molecule has 0 spiro atoms. The van der Waals surface area contributed by atoms with Gasteiger partial charge in [0.15, 0.2) is 5.58 Å². The number of benzene rings is 3. The maximum atomic E-state index is 12.4. The van der Waals surface area contributed by atoms with Crippen LogP contribution in [0.25, 0.3) is 22.6 Å². The first-order valence-electron chi connectivity index (χ1n) is 8.69. The van der Waals surface area contributed by atoms with Gasteiger partial charge in [-0.25, -0.2) is 4.98 Å². The maximum absolute atomic E-state index is 12.4. The van der Waals surface area contributed by atoms with E-state index in [9.17, 15) is 9.90 Å². The SMILES string of the molecule is COc1cccc(C(=O)Nc2ccc(-c3nc4cc(C)ccc4o3)c(O)c2)c1. The molecule has 0 unspecified atom stereocenters. The molecule has 0 aliphatic carbocycles. The molecular weight excluding hydrogens is 356 g/mol. The molecule has 28 heavy (non-hydrogen) atoms. The molecule has 3 aromatic carbocycles. The zero-order valence-corrected chi connectivity index (χ0v) is 15.4. The van der Waals surface area contributed by atoms with Crippen molar-refractivity contribution in [1.29, 1.82) is 0 Å². The molecule has 0 bridgehead atoms. The minimum absolute atomic E-state index is 0.0354. The van der Waals surface area contributed by atoms with Crippen LogP contribution in [0.2, 0.25) is 0 Å². The number of anilines is 1. The average molecular weight is 374 g/mol. The fourth-order valence-electron chi connectivity index (χ4n) is 2.91. The Morgan fingerprint density at radius 2 is 1.96 bits per heavy atom. The number of aromatic nitrogens is 1. The molecule has 0 fully saturated rings. The highest BCUT2D eigenvalue weighted by Crippen LogP contribution is 2.33. The number of oxazole rings is 1. The van der Waals surface area contributed by atoms with Gasteiger partial charge in [-0.15, -0.1) is 0 Å². The highest BCUT2D eigenvalue weighted by atomic mass is 16.5. The van der Waals surface area contributed by atoms with Crippen LogP contribution in [0.5, 0.6) is 11.5 Å². The van der Waals surface area contributed by atoms with E-state index in [0.717, 1.165) is 11.1 Å². The molecule has 0 radical (unpaired) electrons. The van der Waals surface area contributed by atoms with E-state index in [4.69, 9.17) is 9.15 Å². The lowest BCUT2D eigenvalue weighted by Crippen LogP contribution is -2.11. The number of amides is 1. The Balaban J connectivity index is 1.59. The Kier molecular flexibility index (Phi) is 4.45. The Bertz CT molecular complexity index is 1180. The fourth-order valence-corrected chi connectivity index (χ4v) is 2.91. The van der Waals surface area contributed by atoms with Gasteiger partial charge in [-0.2, -0.15) is 0 Å². The number of hydrogen-bond donors (Lipinski definition) is 2. The van der Waals surface area contributed by atoms with E-state index < -0.39 is 0 Å². The number of rotatable bonds is 4. The number of fused-ring (bicyclic) bond motifs is 1. The third-order valence-corrected chi connectivity index (χ3v) is 4.36. The molecule has 2 N–H and O–H groups in total. The van der Waals surface area contributed by atoms with Gasteiger partial charge in [-0.1, -0.05) is 12.1 Å². The molecule has 0 atom stereocenters. The number of aromatic hydroxyl groups is 1. The number of carbonyl (C=O) groups is 1. The summed E-state index contributed by atoms with van der Waals surface area (Å²) >= 11 is 0. The summed E-state index contributed by atoms with van der Waals surface area (Å²) in [6.07, 6.45) is 0. The van der Waals surface area contributed by atoms with Crippen LogP contribution in [0, 0.1) is 6.92 Å². The minimum atomic E-state index is -0.302. The first kappa shape index (κ1) is 17.6. The standard InChI is InChI=1S/C22H18N2O4/c1-13-6-9-20-18(10-13)24-22(28-20)17-8-7-15(12-19(17)25)23-21(26)14-4-3-5-16(11-14)27-2/h3-12,25H,1-2H3,(H,23,26). The van der Waals surface area contributed by atoms with Crippen molar-refractivity contribution in [2.24, 2.45) is 0 Å². The van der Waals surface area contributed by atoms with Gasteiger partial charge in [0.2, 0.25) is 5.89 Å². The van der Waals surface area contributed by atoms with Crippen LogP contribution in [0.1, 0.15) is 15.9 Å². The van der Waals surface area contributed by atoms with E-state index >= 15 is 0 Å². The zero-order chi connectivity index (χ0) is 19.7. The second-order valence-electron chi connectivity index (χ2n) is 6.41. The Morgan fingerprint density at radius 1 is 1.11 bits per heavy atom. The highest BCUT2D eigenvalue weighted by molar-refractivity contribution is 6.04. The molecular formula is C22H18N2O4. The van der Waals surface area contributed by atoms with E-state index in [1.54, 1.807) is 43.5 Å². The Labute approximate surface area is 161 Å². The molecule has 1 heterocycles. The highest BCUT2D eigenvalue weighted by Gasteiger charge is 2.14. The van der Waals surface area contributed by atoms with Crippen LogP contribution in [0.3, 0.4) is 0 Å². The maximum Gasteiger partial charge on any atom is 0.255 e. The summed E-state index contributed by atoms with van der Waals surface area (Å²) in [7, 11) is 1.54. The van der Waals surface area contributed by atoms with Crippen molar-refractivity contribution in [1.82, 2.24) is 4.98 Å². The Morgan fingerprint density at radius 3 is 2.75 bits per heavy atom. The van der Waals surface area contributed by atoms with Gasteiger partial charge in [-0.3, -0.25) is 4.79 Å². The molecule has 0 saturated heterocycles. The monoisotopic (exact) mass is 374 g/mol. The van der Waals surface area contributed by atoms with Crippen molar-refractivity contribution in [2.45, 2.75) is 6.92 Å². The van der Waals surface area contributed by atoms with E-state index in [0.29, 0.717) is 34.0 Å². The van der Waals surface area contributed by atoms with Crippen LogP contribution in [-0.4, -0.2) is 23.1 Å². The number of ether oxygens (including phenoxy) is 1. The summed E-state index contributed by atoms with van der Waals surface area (Å²) in [6, 6.07) is 17.4. The second kappa shape index (κ2) is 7.08. The largest absolute Gasteiger partial charge is 0.507 e. The first-order valence-corrected chi connectivity index (χ1v) is 8.69. The molecule has 6 nitrogen and oxygen atoms in total. The number of aryl methyl sites for hydroxylation is 1. The molecule has 140 valence electrons. The van der Waals surface area contributed by atoms with Crippen LogP contribution < -0.4 is 10.1 Å². The fraction of sp³-hybridized carbons (Fsp3) is 0.0909. The van der Waals surface area contributed by atoms with Crippen molar-refractivity contribution < 1.29 is 19.1 Å². The van der Waals surface area contributed by atoms with Crippen LogP contribution >= 0.6 is 0 Å². The molecule has 0 saturated carbocycles. The molecule has 1 aromatic heterocycles. The molecule has 0 aliphatic heterocycles. The molecule has 4 rings (SSSR count). The summed E-state index contributed by atoms with van der Waals surface area (Å²) in [6.45, 7) is 1.98. The number of hydrogen-bond acceptors (Lipinski definition) is 5. The lowest BCUT2D eigenvalue weighted by Gasteiger charge is -2.08. The molecule has 1 amide bonds. The number of methoxy groups -OCH3 is 1. The van der Waals surface area contributed by atoms with Crippen molar-refractivity contribution in [3.05, 3.63) is 71.8 Å². The van der Waals surface area contributed by atoms with Crippen molar-refractivity contribution in [2.75, 3.05) is 12.4 Å². The van der Waals surface area contributed by atoms with Gasteiger partial charge in [-0.05, 0) is 55.0 Å². The van der Waals surface area contributed by atoms with Crippen LogP contribution in [-0.2, 0) is 0 Å². The number of nitrogens with zero attached hydrogens (tertiary/aromatic N) is 1. The lowest BCUT2D eigenvalue weighted by atomic mass is 10.1.